The van der Waals surface area contributed by atoms with Crippen molar-refractivity contribution in [3.8, 4) is 0 Å². The molecule has 9 heteroatoms. The third-order valence-electron chi connectivity index (χ3n) is 5.69. The Morgan fingerprint density at radius 2 is 2.06 bits per heavy atom. The first-order valence-electron chi connectivity index (χ1n) is 11.0. The number of aromatic nitrogens is 3. The summed E-state index contributed by atoms with van der Waals surface area (Å²) >= 11 is 0. The molecule has 1 aliphatic rings. The number of nitrogens with zero attached hydrogens (tertiary/aromatic N) is 4. The summed E-state index contributed by atoms with van der Waals surface area (Å²) in [5.74, 6) is -0.373. The Labute approximate surface area is 189 Å². The van der Waals surface area contributed by atoms with Crippen molar-refractivity contribution in [2.45, 2.75) is 71.3 Å². The SMILES string of the molecule is C=CCOC1(C)CCN(c2c(C(OC(C)(C)C)C(=O)O)c(C)nc3cc(CN)nn23)CC1. The molecule has 176 valence electrons. The highest BCUT2D eigenvalue weighted by atomic mass is 16.5. The first kappa shape index (κ1) is 24.2. The number of carboxylic acids is 1. The Hall–Kier alpha value is -2.49. The van der Waals surface area contributed by atoms with Gasteiger partial charge in [0.25, 0.3) is 0 Å². The van der Waals surface area contributed by atoms with E-state index in [1.54, 1.807) is 10.6 Å². The number of piperidine rings is 1. The molecule has 0 amide bonds. The minimum atomic E-state index is -1.18. The summed E-state index contributed by atoms with van der Waals surface area (Å²) < 4.78 is 13.7. The van der Waals surface area contributed by atoms with Crippen LogP contribution in [0.15, 0.2) is 18.7 Å². The van der Waals surface area contributed by atoms with E-state index < -0.39 is 17.7 Å². The summed E-state index contributed by atoms with van der Waals surface area (Å²) in [6.07, 6.45) is 2.14. The maximum Gasteiger partial charge on any atom is 0.337 e. The van der Waals surface area contributed by atoms with E-state index in [2.05, 4.69) is 28.5 Å². The Bertz CT molecular complexity index is 986. The van der Waals surface area contributed by atoms with Crippen molar-refractivity contribution in [3.05, 3.63) is 35.7 Å². The molecule has 0 aromatic carbocycles. The highest BCUT2D eigenvalue weighted by molar-refractivity contribution is 5.78. The molecule has 0 bridgehead atoms. The lowest BCUT2D eigenvalue weighted by atomic mass is 9.92. The second kappa shape index (κ2) is 9.17. The average molecular weight is 446 g/mol. The predicted octanol–water partition coefficient (Wildman–Crippen LogP) is 3.00. The average Bonchev–Trinajstić information content (AvgIpc) is 3.12. The van der Waals surface area contributed by atoms with Crippen molar-refractivity contribution in [2.24, 2.45) is 5.73 Å². The smallest absolute Gasteiger partial charge is 0.337 e. The standard InChI is InChI=1S/C23H35N5O4/c1-7-12-31-23(6)8-10-27(11-9-23)20-18(19(21(29)30)32-22(3,4)5)15(2)25-17-13-16(14-24)26-28(17)20/h7,13,19H,1,8-12,14,24H2,2-6H3,(H,29,30). The number of ether oxygens (including phenoxy) is 2. The largest absolute Gasteiger partial charge is 0.479 e. The van der Waals surface area contributed by atoms with Gasteiger partial charge >= 0.3 is 5.97 Å². The molecule has 0 radical (unpaired) electrons. The van der Waals surface area contributed by atoms with Gasteiger partial charge in [0.2, 0.25) is 0 Å². The summed E-state index contributed by atoms with van der Waals surface area (Å²) in [7, 11) is 0. The van der Waals surface area contributed by atoms with E-state index in [0.29, 0.717) is 48.1 Å². The van der Waals surface area contributed by atoms with E-state index in [1.807, 2.05) is 33.8 Å². The van der Waals surface area contributed by atoms with Crippen LogP contribution in [0.4, 0.5) is 5.82 Å². The Kier molecular flexibility index (Phi) is 6.92. The number of nitrogens with two attached hydrogens (primary N) is 1. The van der Waals surface area contributed by atoms with Crippen LogP contribution < -0.4 is 10.6 Å². The van der Waals surface area contributed by atoms with Gasteiger partial charge in [-0.3, -0.25) is 0 Å². The van der Waals surface area contributed by atoms with Crippen LogP contribution in [0.25, 0.3) is 5.65 Å². The van der Waals surface area contributed by atoms with Crippen molar-refractivity contribution in [1.82, 2.24) is 14.6 Å². The number of aliphatic carboxylic acids is 1. The van der Waals surface area contributed by atoms with Crippen molar-refractivity contribution in [3.63, 3.8) is 0 Å². The van der Waals surface area contributed by atoms with Crippen LogP contribution in [-0.2, 0) is 20.8 Å². The molecule has 1 aliphatic heterocycles. The number of carboxylic acid groups (broad SMARTS) is 1. The van der Waals surface area contributed by atoms with Crippen LogP contribution in [0, 0.1) is 6.92 Å². The molecule has 0 spiro atoms. The lowest BCUT2D eigenvalue weighted by molar-refractivity contribution is -0.160. The van der Waals surface area contributed by atoms with Crippen LogP contribution >= 0.6 is 0 Å². The van der Waals surface area contributed by atoms with Crippen LogP contribution in [0.1, 0.15) is 63.6 Å². The zero-order valence-corrected chi connectivity index (χ0v) is 19.7. The molecule has 1 fully saturated rings. The Morgan fingerprint density at radius 3 is 2.59 bits per heavy atom. The molecule has 2 aromatic heterocycles. The van der Waals surface area contributed by atoms with Gasteiger partial charge in [0.05, 0.1) is 29.1 Å². The molecule has 1 unspecified atom stereocenters. The van der Waals surface area contributed by atoms with E-state index in [1.165, 1.54) is 0 Å². The fourth-order valence-electron chi connectivity index (χ4n) is 4.06. The van der Waals surface area contributed by atoms with Gasteiger partial charge in [-0.1, -0.05) is 6.08 Å². The number of aryl methyl sites for hydroxylation is 1. The molecule has 1 saturated heterocycles. The quantitative estimate of drug-likeness (QED) is 0.596. The number of carbonyl (C=O) groups is 1. The van der Waals surface area contributed by atoms with Crippen molar-refractivity contribution >= 4 is 17.4 Å². The molecule has 0 aliphatic carbocycles. The summed E-state index contributed by atoms with van der Waals surface area (Å²) in [5.41, 5.74) is 7.36. The molecule has 9 nitrogen and oxygen atoms in total. The number of anilines is 1. The molecule has 32 heavy (non-hydrogen) atoms. The molecule has 3 N–H and O–H groups in total. The van der Waals surface area contributed by atoms with E-state index in [0.717, 1.165) is 12.8 Å². The van der Waals surface area contributed by atoms with Crippen molar-refractivity contribution in [2.75, 3.05) is 24.6 Å². The second-order valence-electron chi connectivity index (χ2n) is 9.53. The van der Waals surface area contributed by atoms with Crippen molar-refractivity contribution < 1.29 is 19.4 Å². The zero-order chi connectivity index (χ0) is 23.7. The topological polar surface area (TPSA) is 115 Å². The normalized spacial score (nSPS) is 17.5. The van der Waals surface area contributed by atoms with Gasteiger partial charge in [-0.25, -0.2) is 9.78 Å². The summed E-state index contributed by atoms with van der Waals surface area (Å²) in [4.78, 5) is 19.1. The van der Waals surface area contributed by atoms with Gasteiger partial charge in [0.15, 0.2) is 11.8 Å². The summed E-state index contributed by atoms with van der Waals surface area (Å²) in [6, 6.07) is 1.84. The number of hydrogen-bond acceptors (Lipinski definition) is 7. The van der Waals surface area contributed by atoms with Gasteiger partial charge in [0.1, 0.15) is 5.82 Å². The predicted molar refractivity (Wildman–Crippen MR) is 123 cm³/mol. The summed E-state index contributed by atoms with van der Waals surface area (Å²) in [6.45, 7) is 15.3. The van der Waals surface area contributed by atoms with E-state index >= 15 is 0 Å². The highest BCUT2D eigenvalue weighted by Crippen LogP contribution is 2.37. The third kappa shape index (κ3) is 5.11. The molecular weight excluding hydrogens is 410 g/mol. The Morgan fingerprint density at radius 1 is 1.41 bits per heavy atom. The maximum absolute atomic E-state index is 12.3. The molecule has 1 atom stereocenters. The lowest BCUT2D eigenvalue weighted by Gasteiger charge is -2.41. The molecule has 0 saturated carbocycles. The third-order valence-corrected chi connectivity index (χ3v) is 5.69. The number of fused-ring (bicyclic) bond motifs is 1. The highest BCUT2D eigenvalue weighted by Gasteiger charge is 2.37. The molecule has 3 heterocycles. The maximum atomic E-state index is 12.3. The minimum Gasteiger partial charge on any atom is -0.479 e. The minimum absolute atomic E-state index is 0.257. The van der Waals surface area contributed by atoms with Gasteiger partial charge in [-0.2, -0.15) is 9.61 Å². The number of hydrogen-bond donors (Lipinski definition) is 2. The fraction of sp³-hybridized carbons (Fsp3) is 0.609. The van der Waals surface area contributed by atoms with Gasteiger partial charge in [-0.05, 0) is 47.5 Å². The molecule has 2 aromatic rings. The second-order valence-corrected chi connectivity index (χ2v) is 9.53. The lowest BCUT2D eigenvalue weighted by Crippen LogP contribution is -2.45. The van der Waals surface area contributed by atoms with Crippen LogP contribution in [0.3, 0.4) is 0 Å². The van der Waals surface area contributed by atoms with Gasteiger partial charge in [-0.15, -0.1) is 6.58 Å². The van der Waals surface area contributed by atoms with Crippen LogP contribution in [-0.4, -0.2) is 56.6 Å². The first-order chi connectivity index (χ1) is 15.0. The van der Waals surface area contributed by atoms with Crippen LogP contribution in [0.2, 0.25) is 0 Å². The number of rotatable bonds is 8. The zero-order valence-electron chi connectivity index (χ0n) is 19.7. The molecule has 3 rings (SSSR count). The summed E-state index contributed by atoms with van der Waals surface area (Å²) in [5, 5.41) is 14.7. The van der Waals surface area contributed by atoms with Crippen molar-refractivity contribution in [1.29, 1.82) is 0 Å². The van der Waals surface area contributed by atoms with E-state index in [9.17, 15) is 9.90 Å². The van der Waals surface area contributed by atoms with Crippen LogP contribution in [0.5, 0.6) is 0 Å². The first-order valence-corrected chi connectivity index (χ1v) is 11.0. The van der Waals surface area contributed by atoms with Gasteiger partial charge in [0, 0.05) is 31.4 Å². The molecular formula is C23H35N5O4. The van der Waals surface area contributed by atoms with Gasteiger partial charge < -0.3 is 25.2 Å². The van der Waals surface area contributed by atoms with E-state index in [-0.39, 0.29) is 12.1 Å². The fourth-order valence-corrected chi connectivity index (χ4v) is 4.06. The van der Waals surface area contributed by atoms with E-state index in [4.69, 9.17) is 15.2 Å². The monoisotopic (exact) mass is 445 g/mol. The Balaban J connectivity index is 2.12.